The predicted octanol–water partition coefficient (Wildman–Crippen LogP) is 1.90. The zero-order valence-corrected chi connectivity index (χ0v) is 9.34. The monoisotopic (exact) mass is 188 g/mol. The van der Waals surface area contributed by atoms with Gasteiger partial charge in [0.15, 0.2) is 0 Å². The summed E-state index contributed by atoms with van der Waals surface area (Å²) in [5, 5.41) is 1.10. The zero-order chi connectivity index (χ0) is 10.9. The van der Waals surface area contributed by atoms with Gasteiger partial charge in [-0.3, -0.25) is 0 Å². The first-order chi connectivity index (χ1) is 5.54. The van der Waals surface area contributed by atoms with E-state index in [0.29, 0.717) is 0 Å². The number of nitrogens with zero attached hydrogens (tertiary/aromatic N) is 1. The molecule has 2 N–H and O–H groups in total. The van der Waals surface area contributed by atoms with Gasteiger partial charge in [-0.05, 0) is 41.5 Å². The van der Waals surface area contributed by atoms with Crippen LogP contribution >= 0.6 is 0 Å². The van der Waals surface area contributed by atoms with Gasteiger partial charge in [0.2, 0.25) is 0 Å². The molecular weight excluding hydrogens is 168 g/mol. The average Bonchev–Trinajstić information content (AvgIpc) is 1.79. The van der Waals surface area contributed by atoms with Crippen LogP contribution in [0.3, 0.4) is 0 Å². The summed E-state index contributed by atoms with van der Waals surface area (Å²) >= 11 is 0. The van der Waals surface area contributed by atoms with E-state index in [1.807, 2.05) is 20.8 Å². The molecule has 0 aliphatic rings. The normalized spacial score (nSPS) is 12.5. The largest absolute Gasteiger partial charge is 0.443 e. The molecule has 0 atom stereocenters. The molecule has 0 aromatic heterocycles. The Labute approximate surface area is 80.0 Å². The molecule has 0 bridgehead atoms. The van der Waals surface area contributed by atoms with Crippen LogP contribution < -0.4 is 5.84 Å². The lowest BCUT2D eigenvalue weighted by molar-refractivity contribution is 0.00593. The summed E-state index contributed by atoms with van der Waals surface area (Å²) < 4.78 is 5.09. The first kappa shape index (κ1) is 12.2. The smallest absolute Gasteiger partial charge is 0.425 e. The summed E-state index contributed by atoms with van der Waals surface area (Å²) in [6.45, 7) is 11.0. The molecule has 78 valence electrons. The molecule has 0 radical (unpaired) electrons. The van der Waals surface area contributed by atoms with E-state index in [0.717, 1.165) is 5.01 Å². The average molecular weight is 188 g/mol. The minimum atomic E-state index is -0.500. The number of hydrogen-bond acceptors (Lipinski definition) is 3. The Morgan fingerprint density at radius 1 is 1.15 bits per heavy atom. The molecule has 13 heavy (non-hydrogen) atoms. The molecule has 4 nitrogen and oxygen atoms in total. The maximum atomic E-state index is 11.4. The summed E-state index contributed by atoms with van der Waals surface area (Å²) in [5.41, 5.74) is -0.914. The Morgan fingerprint density at radius 3 is 1.77 bits per heavy atom. The molecule has 4 heteroatoms. The van der Waals surface area contributed by atoms with E-state index in [2.05, 4.69) is 0 Å². The molecule has 0 aliphatic carbocycles. The highest BCUT2D eigenvalue weighted by atomic mass is 16.6. The first-order valence-electron chi connectivity index (χ1n) is 4.32. The molecule has 0 saturated heterocycles. The highest BCUT2D eigenvalue weighted by Gasteiger charge is 2.27. The van der Waals surface area contributed by atoms with Crippen molar-refractivity contribution < 1.29 is 9.53 Å². The van der Waals surface area contributed by atoms with Crippen molar-refractivity contribution in [3.63, 3.8) is 0 Å². The fourth-order valence-electron chi connectivity index (χ4n) is 0.585. The van der Waals surface area contributed by atoms with Crippen LogP contribution in [0.1, 0.15) is 41.5 Å². The van der Waals surface area contributed by atoms with Crippen LogP contribution in [-0.2, 0) is 4.74 Å². The molecule has 0 saturated carbocycles. The molecule has 0 unspecified atom stereocenters. The van der Waals surface area contributed by atoms with Crippen molar-refractivity contribution in [1.29, 1.82) is 0 Å². The number of carbonyl (C=O) groups is 1. The van der Waals surface area contributed by atoms with Gasteiger partial charge in [-0.25, -0.2) is 15.6 Å². The third-order valence-electron chi connectivity index (χ3n) is 1.31. The number of carbonyl (C=O) groups excluding carboxylic acids is 1. The van der Waals surface area contributed by atoms with Gasteiger partial charge in [-0.1, -0.05) is 0 Å². The summed E-state index contributed by atoms with van der Waals surface area (Å²) in [6, 6.07) is 0. The van der Waals surface area contributed by atoms with E-state index in [9.17, 15) is 4.79 Å². The van der Waals surface area contributed by atoms with E-state index in [-0.39, 0.29) is 0 Å². The fourth-order valence-corrected chi connectivity index (χ4v) is 0.585. The van der Waals surface area contributed by atoms with E-state index >= 15 is 0 Å². The molecule has 1 amide bonds. The Bertz CT molecular complexity index is 189. The highest BCUT2D eigenvalue weighted by Crippen LogP contribution is 2.14. The van der Waals surface area contributed by atoms with Gasteiger partial charge in [0.1, 0.15) is 5.60 Å². The fraction of sp³-hybridized carbons (Fsp3) is 0.889. The molecular formula is C9H20N2O2. The third-order valence-corrected chi connectivity index (χ3v) is 1.31. The quantitative estimate of drug-likeness (QED) is 0.359. The minimum absolute atomic E-state index is 0.414. The number of nitrogens with two attached hydrogens (primary N) is 1. The van der Waals surface area contributed by atoms with Crippen LogP contribution in [-0.4, -0.2) is 22.2 Å². The Hall–Kier alpha value is -0.770. The number of ether oxygens (including phenoxy) is 1. The van der Waals surface area contributed by atoms with Crippen LogP contribution in [0.4, 0.5) is 4.79 Å². The van der Waals surface area contributed by atoms with Crippen molar-refractivity contribution in [3.05, 3.63) is 0 Å². The van der Waals surface area contributed by atoms with E-state index in [1.54, 1.807) is 20.8 Å². The number of rotatable bonds is 0. The van der Waals surface area contributed by atoms with Crippen molar-refractivity contribution in [2.75, 3.05) is 0 Å². The molecule has 0 rings (SSSR count). The maximum absolute atomic E-state index is 11.4. The van der Waals surface area contributed by atoms with E-state index in [4.69, 9.17) is 10.6 Å². The molecule has 0 aromatic rings. The topological polar surface area (TPSA) is 55.6 Å². The van der Waals surface area contributed by atoms with Gasteiger partial charge >= 0.3 is 6.09 Å². The molecule has 0 aromatic carbocycles. The molecule has 0 fully saturated rings. The summed E-state index contributed by atoms with van der Waals surface area (Å²) in [7, 11) is 0. The van der Waals surface area contributed by atoms with Crippen LogP contribution in [0.2, 0.25) is 0 Å². The summed E-state index contributed by atoms with van der Waals surface area (Å²) in [4.78, 5) is 11.4. The summed E-state index contributed by atoms with van der Waals surface area (Å²) in [6.07, 6.45) is -0.500. The Morgan fingerprint density at radius 2 is 1.54 bits per heavy atom. The van der Waals surface area contributed by atoms with Crippen molar-refractivity contribution >= 4 is 6.09 Å². The highest BCUT2D eigenvalue weighted by molar-refractivity contribution is 5.68. The molecule has 0 aliphatic heterocycles. The second-order valence-electron chi connectivity index (χ2n) is 5.02. The lowest BCUT2D eigenvalue weighted by Crippen LogP contribution is -2.52. The lowest BCUT2D eigenvalue weighted by atomic mass is 10.1. The van der Waals surface area contributed by atoms with Gasteiger partial charge in [0.05, 0.1) is 5.54 Å². The number of amides is 1. The second-order valence-corrected chi connectivity index (χ2v) is 5.02. The van der Waals surface area contributed by atoms with Gasteiger partial charge in [0, 0.05) is 0 Å². The maximum Gasteiger partial charge on any atom is 0.425 e. The third kappa shape index (κ3) is 4.72. The number of hydrazine groups is 1. The van der Waals surface area contributed by atoms with Crippen LogP contribution in [0.5, 0.6) is 0 Å². The van der Waals surface area contributed by atoms with Crippen LogP contribution in [0, 0.1) is 0 Å². The van der Waals surface area contributed by atoms with Crippen molar-refractivity contribution in [2.24, 2.45) is 5.84 Å². The van der Waals surface area contributed by atoms with Crippen molar-refractivity contribution in [3.8, 4) is 0 Å². The van der Waals surface area contributed by atoms with Crippen LogP contribution in [0.25, 0.3) is 0 Å². The standard InChI is InChI=1S/C9H20N2O2/c1-8(2,3)11(10)7(12)13-9(4,5)6/h10H2,1-6H3. The van der Waals surface area contributed by atoms with Gasteiger partial charge in [-0.2, -0.15) is 0 Å². The zero-order valence-electron chi connectivity index (χ0n) is 9.34. The van der Waals surface area contributed by atoms with Crippen LogP contribution in [0.15, 0.2) is 0 Å². The number of hydrogen-bond donors (Lipinski definition) is 1. The first-order valence-corrected chi connectivity index (χ1v) is 4.32. The van der Waals surface area contributed by atoms with Gasteiger partial charge < -0.3 is 4.74 Å². The predicted molar refractivity (Wildman–Crippen MR) is 52.0 cm³/mol. The van der Waals surface area contributed by atoms with Crippen molar-refractivity contribution in [2.45, 2.75) is 52.7 Å². The van der Waals surface area contributed by atoms with E-state index in [1.165, 1.54) is 0 Å². The van der Waals surface area contributed by atoms with Gasteiger partial charge in [0.25, 0.3) is 0 Å². The lowest BCUT2D eigenvalue weighted by Gasteiger charge is -2.32. The molecule has 0 heterocycles. The Kier molecular flexibility index (Phi) is 3.33. The van der Waals surface area contributed by atoms with Gasteiger partial charge in [-0.15, -0.1) is 0 Å². The molecule has 0 spiro atoms. The van der Waals surface area contributed by atoms with E-state index < -0.39 is 17.2 Å². The van der Waals surface area contributed by atoms with Crippen molar-refractivity contribution in [1.82, 2.24) is 5.01 Å². The second kappa shape index (κ2) is 3.54. The minimum Gasteiger partial charge on any atom is -0.443 e. The summed E-state index contributed by atoms with van der Waals surface area (Å²) in [5.74, 6) is 5.56. The SMILES string of the molecule is CC(C)(C)OC(=O)N(N)C(C)(C)C. The Balaban J connectivity index is 4.30.